The molecule has 1 rings (SSSR count). The predicted octanol–water partition coefficient (Wildman–Crippen LogP) is 13.5. The van der Waals surface area contributed by atoms with Gasteiger partial charge in [0.05, 0.1) is 25.4 Å². The minimum Gasteiger partial charge on any atom is -0.394 e. The Kier molecular flexibility index (Phi) is 43.9. The maximum absolute atomic E-state index is 13.0. The monoisotopic (exact) mass is 912 g/mol. The van der Waals surface area contributed by atoms with Crippen LogP contribution in [0.5, 0.6) is 0 Å². The fourth-order valence-electron chi connectivity index (χ4n) is 9.46. The summed E-state index contributed by atoms with van der Waals surface area (Å²) in [6.07, 6.45) is 47.2. The van der Waals surface area contributed by atoms with Crippen molar-refractivity contribution in [1.29, 1.82) is 0 Å². The molecule has 1 aliphatic rings. The standard InChI is InChI=1S/C55H109NO8/c1-3-5-7-9-11-13-15-16-17-18-19-20-21-22-23-24-25-26-27-28-29-30-31-32-33-35-36-38-40-42-44-49(58)48(47-63-55-54(62)53(61)52(60)50(46-57)64-55)56-51(59)45-43-41-39-37-34-14-12-10-8-6-4-2/h48-50,52-55,57-58,60-62H,3-47H2,1-2H3,(H,56,59). The third-order valence-corrected chi connectivity index (χ3v) is 14.0. The van der Waals surface area contributed by atoms with Crippen LogP contribution in [0.3, 0.4) is 0 Å². The average Bonchev–Trinajstić information content (AvgIpc) is 3.29. The summed E-state index contributed by atoms with van der Waals surface area (Å²) in [5, 5.41) is 54.5. The number of rotatable bonds is 49. The van der Waals surface area contributed by atoms with Crippen LogP contribution < -0.4 is 5.32 Å². The lowest BCUT2D eigenvalue weighted by molar-refractivity contribution is -0.302. The summed E-state index contributed by atoms with van der Waals surface area (Å²) in [6.45, 7) is 3.86. The molecule has 0 bridgehead atoms. The van der Waals surface area contributed by atoms with Crippen LogP contribution in [0.4, 0.5) is 0 Å². The predicted molar refractivity (Wildman–Crippen MR) is 268 cm³/mol. The molecule has 0 radical (unpaired) electrons. The molecule has 9 heteroatoms. The molecule has 0 aromatic carbocycles. The van der Waals surface area contributed by atoms with Crippen molar-refractivity contribution in [3.05, 3.63) is 0 Å². The second-order valence-electron chi connectivity index (χ2n) is 20.1. The third kappa shape index (κ3) is 35.3. The van der Waals surface area contributed by atoms with Gasteiger partial charge in [0, 0.05) is 6.42 Å². The van der Waals surface area contributed by atoms with E-state index in [1.807, 2.05) is 0 Å². The van der Waals surface area contributed by atoms with Crippen LogP contribution in [0.1, 0.15) is 290 Å². The molecule has 9 nitrogen and oxygen atoms in total. The van der Waals surface area contributed by atoms with Crippen LogP contribution >= 0.6 is 0 Å². The van der Waals surface area contributed by atoms with E-state index in [1.165, 1.54) is 225 Å². The largest absolute Gasteiger partial charge is 0.394 e. The Morgan fingerprint density at radius 2 is 0.781 bits per heavy atom. The molecule has 1 heterocycles. The Morgan fingerprint density at radius 3 is 1.11 bits per heavy atom. The molecule has 0 aromatic rings. The fraction of sp³-hybridized carbons (Fsp3) is 0.982. The molecule has 382 valence electrons. The van der Waals surface area contributed by atoms with Gasteiger partial charge in [-0.25, -0.2) is 0 Å². The van der Waals surface area contributed by atoms with Crippen molar-refractivity contribution in [2.24, 2.45) is 0 Å². The fourth-order valence-corrected chi connectivity index (χ4v) is 9.46. The van der Waals surface area contributed by atoms with Crippen molar-refractivity contribution >= 4 is 5.91 Å². The van der Waals surface area contributed by atoms with Gasteiger partial charge in [-0.05, 0) is 12.8 Å². The molecule has 0 aromatic heterocycles. The molecule has 0 aliphatic carbocycles. The summed E-state index contributed by atoms with van der Waals surface area (Å²) >= 11 is 0. The van der Waals surface area contributed by atoms with Crippen molar-refractivity contribution in [3.63, 3.8) is 0 Å². The lowest BCUT2D eigenvalue weighted by Gasteiger charge is -2.40. The van der Waals surface area contributed by atoms with E-state index in [2.05, 4.69) is 19.2 Å². The van der Waals surface area contributed by atoms with Gasteiger partial charge >= 0.3 is 0 Å². The second kappa shape index (κ2) is 45.9. The highest BCUT2D eigenvalue weighted by Crippen LogP contribution is 2.23. The normalized spacial score (nSPS) is 19.9. The van der Waals surface area contributed by atoms with Crippen LogP contribution in [0, 0.1) is 0 Å². The highest BCUT2D eigenvalue weighted by atomic mass is 16.7. The summed E-state index contributed by atoms with van der Waals surface area (Å²) in [5.41, 5.74) is 0. The summed E-state index contributed by atoms with van der Waals surface area (Å²) < 4.78 is 11.3. The molecule has 7 atom stereocenters. The molecular weight excluding hydrogens is 803 g/mol. The van der Waals surface area contributed by atoms with E-state index in [9.17, 15) is 30.3 Å². The van der Waals surface area contributed by atoms with Gasteiger partial charge in [0.2, 0.25) is 5.91 Å². The van der Waals surface area contributed by atoms with Gasteiger partial charge in [-0.1, -0.05) is 271 Å². The second-order valence-corrected chi connectivity index (χ2v) is 20.1. The molecule has 1 fully saturated rings. The lowest BCUT2D eigenvalue weighted by atomic mass is 9.99. The van der Waals surface area contributed by atoms with E-state index >= 15 is 0 Å². The molecule has 0 saturated carbocycles. The molecule has 64 heavy (non-hydrogen) atoms. The quantitative estimate of drug-likeness (QED) is 0.0331. The highest BCUT2D eigenvalue weighted by molar-refractivity contribution is 5.76. The van der Waals surface area contributed by atoms with E-state index in [-0.39, 0.29) is 12.5 Å². The van der Waals surface area contributed by atoms with Crippen LogP contribution in [-0.4, -0.2) is 87.5 Å². The van der Waals surface area contributed by atoms with Crippen molar-refractivity contribution in [1.82, 2.24) is 5.32 Å². The number of amides is 1. The Balaban J connectivity index is 2.10. The minimum atomic E-state index is -1.55. The minimum absolute atomic E-state index is 0.132. The first-order chi connectivity index (χ1) is 31.3. The van der Waals surface area contributed by atoms with Crippen molar-refractivity contribution < 1.29 is 39.8 Å². The zero-order valence-electron chi connectivity index (χ0n) is 42.3. The number of aliphatic hydroxyl groups excluding tert-OH is 5. The van der Waals surface area contributed by atoms with Crippen LogP contribution in [0.2, 0.25) is 0 Å². The van der Waals surface area contributed by atoms with Crippen LogP contribution in [0.25, 0.3) is 0 Å². The summed E-state index contributed by atoms with van der Waals surface area (Å²) in [6, 6.07) is -0.712. The van der Waals surface area contributed by atoms with Gasteiger partial charge in [0.15, 0.2) is 6.29 Å². The molecule has 1 amide bonds. The van der Waals surface area contributed by atoms with E-state index in [0.717, 1.165) is 38.5 Å². The number of nitrogens with one attached hydrogen (secondary N) is 1. The van der Waals surface area contributed by atoms with Crippen LogP contribution in [-0.2, 0) is 14.3 Å². The van der Waals surface area contributed by atoms with E-state index in [0.29, 0.717) is 12.8 Å². The number of unbranched alkanes of at least 4 members (excludes halogenated alkanes) is 39. The SMILES string of the molecule is CCCCCCCCCCCCCCCCCCCCCCCCCCCCCCCCC(O)C(COC1OC(CO)C(O)C(O)C1O)NC(=O)CCCCCCCCCCCCC. The van der Waals surface area contributed by atoms with Gasteiger partial charge in [-0.3, -0.25) is 4.79 Å². The average molecular weight is 912 g/mol. The number of aliphatic hydroxyl groups is 5. The van der Waals surface area contributed by atoms with Gasteiger partial charge in [-0.2, -0.15) is 0 Å². The van der Waals surface area contributed by atoms with Gasteiger partial charge < -0.3 is 40.3 Å². The van der Waals surface area contributed by atoms with Crippen molar-refractivity contribution in [2.45, 2.75) is 333 Å². The first-order valence-corrected chi connectivity index (χ1v) is 28.2. The molecule has 6 N–H and O–H groups in total. The summed E-state index contributed by atoms with van der Waals surface area (Å²) in [7, 11) is 0. The Bertz CT molecular complexity index is 970. The molecule has 1 aliphatic heterocycles. The maximum Gasteiger partial charge on any atom is 0.220 e. The zero-order valence-corrected chi connectivity index (χ0v) is 42.3. The Hall–Kier alpha value is -0.810. The summed E-state index contributed by atoms with van der Waals surface area (Å²) in [5.74, 6) is -0.141. The smallest absolute Gasteiger partial charge is 0.220 e. The van der Waals surface area contributed by atoms with Gasteiger partial charge in [0.25, 0.3) is 0 Å². The number of carbonyl (C=O) groups is 1. The van der Waals surface area contributed by atoms with Crippen molar-refractivity contribution in [2.75, 3.05) is 13.2 Å². The number of hydrogen-bond donors (Lipinski definition) is 6. The number of ether oxygens (including phenoxy) is 2. The van der Waals surface area contributed by atoms with E-state index < -0.39 is 49.5 Å². The van der Waals surface area contributed by atoms with Crippen molar-refractivity contribution in [3.8, 4) is 0 Å². The number of hydrogen-bond acceptors (Lipinski definition) is 8. The maximum atomic E-state index is 13.0. The lowest BCUT2D eigenvalue weighted by Crippen LogP contribution is -2.60. The number of carbonyl (C=O) groups excluding carboxylic acids is 1. The first-order valence-electron chi connectivity index (χ1n) is 28.2. The van der Waals surface area contributed by atoms with E-state index in [1.54, 1.807) is 0 Å². The third-order valence-electron chi connectivity index (χ3n) is 14.0. The molecule has 7 unspecified atom stereocenters. The first kappa shape index (κ1) is 61.2. The van der Waals surface area contributed by atoms with E-state index in [4.69, 9.17) is 9.47 Å². The van der Waals surface area contributed by atoms with Gasteiger partial charge in [0.1, 0.15) is 24.4 Å². The molecule has 1 saturated heterocycles. The zero-order chi connectivity index (χ0) is 46.6. The Morgan fingerprint density at radius 1 is 0.469 bits per heavy atom. The topological polar surface area (TPSA) is 149 Å². The highest BCUT2D eigenvalue weighted by Gasteiger charge is 2.44. The summed E-state index contributed by atoms with van der Waals surface area (Å²) in [4.78, 5) is 13.0. The van der Waals surface area contributed by atoms with Gasteiger partial charge in [-0.15, -0.1) is 0 Å². The van der Waals surface area contributed by atoms with Crippen LogP contribution in [0.15, 0.2) is 0 Å². The molecular formula is C55H109NO8. The Labute approximate surface area is 395 Å². The molecule has 0 spiro atoms.